The first-order valence-corrected chi connectivity index (χ1v) is 4.11. The highest BCUT2D eigenvalue weighted by atomic mass is 32.1. The predicted molar refractivity (Wildman–Crippen MR) is 49.6 cm³/mol. The van der Waals surface area contributed by atoms with Crippen molar-refractivity contribution in [2.45, 2.75) is 18.7 Å². The minimum Gasteiger partial charge on any atom is -0.493 e. The van der Waals surface area contributed by atoms with Crippen molar-refractivity contribution in [1.29, 1.82) is 0 Å². The number of ether oxygens (including phenoxy) is 1. The maximum atomic E-state index is 5.34. The molecule has 0 atom stereocenters. The topological polar surface area (TPSA) is 9.23 Å². The molecule has 0 aliphatic heterocycles. The second-order valence-electron chi connectivity index (χ2n) is 2.40. The average molecular weight is 168 g/mol. The van der Waals surface area contributed by atoms with Gasteiger partial charge >= 0.3 is 0 Å². The molecule has 1 aromatic rings. The summed E-state index contributed by atoms with van der Waals surface area (Å²) >= 11 is 4.25. The van der Waals surface area contributed by atoms with E-state index >= 15 is 0 Å². The maximum Gasteiger partial charge on any atom is 0.132 e. The van der Waals surface area contributed by atoms with Crippen LogP contribution < -0.4 is 4.74 Å². The largest absolute Gasteiger partial charge is 0.493 e. The zero-order valence-corrected chi connectivity index (χ0v) is 7.69. The van der Waals surface area contributed by atoms with Crippen LogP contribution in [-0.4, -0.2) is 6.61 Å². The Balaban J connectivity index is 2.93. The molecule has 0 spiro atoms. The Kier molecular flexibility index (Phi) is 2.83. The first-order valence-electron chi connectivity index (χ1n) is 3.66. The Morgan fingerprint density at radius 3 is 2.82 bits per heavy atom. The fourth-order valence-corrected chi connectivity index (χ4v) is 1.10. The first-order chi connectivity index (χ1) is 5.24. The van der Waals surface area contributed by atoms with E-state index in [0.29, 0.717) is 6.61 Å². The minimum absolute atomic E-state index is 0.691. The molecule has 0 fully saturated rings. The van der Waals surface area contributed by atoms with E-state index in [1.54, 1.807) is 0 Å². The van der Waals surface area contributed by atoms with Crippen LogP contribution in [-0.2, 0) is 0 Å². The van der Waals surface area contributed by atoms with Gasteiger partial charge in [-0.2, -0.15) is 0 Å². The molecular formula is C9H12OS. The van der Waals surface area contributed by atoms with Crippen LogP contribution in [0.3, 0.4) is 0 Å². The predicted octanol–water partition coefficient (Wildman–Crippen LogP) is 2.68. The van der Waals surface area contributed by atoms with Crippen molar-refractivity contribution in [2.75, 3.05) is 6.61 Å². The van der Waals surface area contributed by atoms with Crippen LogP contribution in [0.25, 0.3) is 0 Å². The molecule has 0 saturated carbocycles. The Morgan fingerprint density at radius 2 is 2.18 bits per heavy atom. The Hall–Kier alpha value is -0.630. The molecular weight excluding hydrogens is 156 g/mol. The van der Waals surface area contributed by atoms with E-state index in [1.807, 2.05) is 32.0 Å². The summed E-state index contributed by atoms with van der Waals surface area (Å²) in [5, 5.41) is 0. The lowest BCUT2D eigenvalue weighted by Gasteiger charge is -2.05. The standard InChI is InChI=1S/C9H12OS/c1-3-10-8-6-7(2)4-5-9(8)11/h4-6,11H,3H2,1-2H3. The van der Waals surface area contributed by atoms with Gasteiger partial charge in [0.1, 0.15) is 5.75 Å². The van der Waals surface area contributed by atoms with E-state index in [2.05, 4.69) is 12.6 Å². The smallest absolute Gasteiger partial charge is 0.132 e. The molecule has 1 nitrogen and oxygen atoms in total. The van der Waals surface area contributed by atoms with E-state index in [-0.39, 0.29) is 0 Å². The number of hydrogen-bond donors (Lipinski definition) is 1. The van der Waals surface area contributed by atoms with Crippen LogP contribution in [0, 0.1) is 6.92 Å². The van der Waals surface area contributed by atoms with Gasteiger partial charge in [-0.3, -0.25) is 0 Å². The van der Waals surface area contributed by atoms with Gasteiger partial charge in [-0.15, -0.1) is 12.6 Å². The van der Waals surface area contributed by atoms with Gasteiger partial charge < -0.3 is 4.74 Å². The van der Waals surface area contributed by atoms with Crippen LogP contribution in [0.15, 0.2) is 23.1 Å². The van der Waals surface area contributed by atoms with Gasteiger partial charge in [0.25, 0.3) is 0 Å². The molecule has 0 amide bonds. The minimum atomic E-state index is 0.691. The van der Waals surface area contributed by atoms with Crippen molar-refractivity contribution < 1.29 is 4.74 Å². The second-order valence-corrected chi connectivity index (χ2v) is 2.89. The van der Waals surface area contributed by atoms with Crippen molar-refractivity contribution in [3.8, 4) is 5.75 Å². The SMILES string of the molecule is CCOc1cc(C)ccc1S. The van der Waals surface area contributed by atoms with Gasteiger partial charge in [0.15, 0.2) is 0 Å². The summed E-state index contributed by atoms with van der Waals surface area (Å²) in [5.41, 5.74) is 1.20. The van der Waals surface area contributed by atoms with Crippen LogP contribution >= 0.6 is 12.6 Å². The average Bonchev–Trinajstić information content (AvgIpc) is 1.98. The number of thiol groups is 1. The van der Waals surface area contributed by atoms with Crippen molar-refractivity contribution in [3.05, 3.63) is 23.8 Å². The number of aryl methyl sites for hydroxylation is 1. The molecule has 0 bridgehead atoms. The molecule has 1 rings (SSSR count). The Labute approximate surface area is 72.8 Å². The van der Waals surface area contributed by atoms with Crippen LogP contribution in [0.5, 0.6) is 5.75 Å². The fraction of sp³-hybridized carbons (Fsp3) is 0.333. The van der Waals surface area contributed by atoms with E-state index < -0.39 is 0 Å². The molecule has 2 heteroatoms. The fourth-order valence-electron chi connectivity index (χ4n) is 0.892. The summed E-state index contributed by atoms with van der Waals surface area (Å²) in [6.45, 7) is 4.70. The molecule has 0 unspecified atom stereocenters. The normalized spacial score (nSPS) is 9.73. The highest BCUT2D eigenvalue weighted by Gasteiger charge is 1.97. The van der Waals surface area contributed by atoms with E-state index in [9.17, 15) is 0 Å². The summed E-state index contributed by atoms with van der Waals surface area (Å²) in [5.74, 6) is 0.871. The lowest BCUT2D eigenvalue weighted by atomic mass is 10.2. The molecule has 0 radical (unpaired) electrons. The van der Waals surface area contributed by atoms with E-state index in [1.165, 1.54) is 5.56 Å². The van der Waals surface area contributed by atoms with E-state index in [0.717, 1.165) is 10.6 Å². The molecule has 0 aliphatic rings. The lowest BCUT2D eigenvalue weighted by Crippen LogP contribution is -1.92. The van der Waals surface area contributed by atoms with Crippen LogP contribution in [0.4, 0.5) is 0 Å². The van der Waals surface area contributed by atoms with Gasteiger partial charge in [-0.25, -0.2) is 0 Å². The summed E-state index contributed by atoms with van der Waals surface area (Å²) in [6, 6.07) is 5.96. The van der Waals surface area contributed by atoms with Gasteiger partial charge in [-0.1, -0.05) is 6.07 Å². The highest BCUT2D eigenvalue weighted by molar-refractivity contribution is 7.80. The molecule has 60 valence electrons. The maximum absolute atomic E-state index is 5.34. The molecule has 1 aromatic carbocycles. The van der Waals surface area contributed by atoms with E-state index in [4.69, 9.17) is 4.74 Å². The van der Waals surface area contributed by atoms with Crippen molar-refractivity contribution in [1.82, 2.24) is 0 Å². The third-order valence-electron chi connectivity index (χ3n) is 1.42. The molecule has 0 N–H and O–H groups in total. The quantitative estimate of drug-likeness (QED) is 0.668. The van der Waals surface area contributed by atoms with Gasteiger partial charge in [0.2, 0.25) is 0 Å². The number of benzene rings is 1. The summed E-state index contributed by atoms with van der Waals surface area (Å²) in [4.78, 5) is 0.900. The Morgan fingerprint density at radius 1 is 1.45 bits per heavy atom. The molecule has 0 heterocycles. The van der Waals surface area contributed by atoms with Gasteiger partial charge in [0, 0.05) is 4.90 Å². The third kappa shape index (κ3) is 2.15. The van der Waals surface area contributed by atoms with Crippen molar-refractivity contribution in [2.24, 2.45) is 0 Å². The van der Waals surface area contributed by atoms with Crippen LogP contribution in [0.2, 0.25) is 0 Å². The first kappa shape index (κ1) is 8.47. The summed E-state index contributed by atoms with van der Waals surface area (Å²) < 4.78 is 5.34. The summed E-state index contributed by atoms with van der Waals surface area (Å²) in [6.07, 6.45) is 0. The van der Waals surface area contributed by atoms with Gasteiger partial charge in [-0.05, 0) is 31.5 Å². The molecule has 11 heavy (non-hydrogen) atoms. The molecule has 0 aliphatic carbocycles. The van der Waals surface area contributed by atoms with Crippen LogP contribution in [0.1, 0.15) is 12.5 Å². The third-order valence-corrected chi connectivity index (χ3v) is 1.78. The zero-order valence-electron chi connectivity index (χ0n) is 6.79. The lowest BCUT2D eigenvalue weighted by molar-refractivity contribution is 0.332. The van der Waals surface area contributed by atoms with Crippen molar-refractivity contribution >= 4 is 12.6 Å². The number of rotatable bonds is 2. The Bertz CT molecular complexity index is 245. The highest BCUT2D eigenvalue weighted by Crippen LogP contribution is 2.23. The second kappa shape index (κ2) is 3.67. The monoisotopic (exact) mass is 168 g/mol. The zero-order chi connectivity index (χ0) is 8.27. The van der Waals surface area contributed by atoms with Gasteiger partial charge in [0.05, 0.1) is 6.61 Å². The number of hydrogen-bond acceptors (Lipinski definition) is 2. The van der Waals surface area contributed by atoms with Crippen molar-refractivity contribution in [3.63, 3.8) is 0 Å². The summed E-state index contributed by atoms with van der Waals surface area (Å²) in [7, 11) is 0. The molecule has 0 aromatic heterocycles. The molecule has 0 saturated heterocycles.